The van der Waals surface area contributed by atoms with Crippen LogP contribution in [0.2, 0.25) is 0 Å². The Morgan fingerprint density at radius 3 is 2.79 bits per heavy atom. The third-order valence-electron chi connectivity index (χ3n) is 4.54. The van der Waals surface area contributed by atoms with Gasteiger partial charge in [-0.3, -0.25) is 14.5 Å². The number of primary amides is 1. The Morgan fingerprint density at radius 2 is 2.08 bits per heavy atom. The molecule has 1 atom stereocenters. The molecule has 0 spiro atoms. The van der Waals surface area contributed by atoms with Gasteiger partial charge in [0.05, 0.1) is 5.92 Å². The Hall–Kier alpha value is -1.88. The summed E-state index contributed by atoms with van der Waals surface area (Å²) in [5, 5.41) is 3.03. The molecule has 24 heavy (non-hydrogen) atoms. The maximum atomic E-state index is 12.1. The lowest BCUT2D eigenvalue weighted by Gasteiger charge is -2.31. The highest BCUT2D eigenvalue weighted by molar-refractivity contribution is 5.91. The van der Waals surface area contributed by atoms with Crippen LogP contribution < -0.4 is 11.1 Å². The quantitative estimate of drug-likeness (QED) is 0.806. The Bertz CT molecular complexity index is 571. The van der Waals surface area contributed by atoms with Crippen molar-refractivity contribution in [1.82, 2.24) is 4.90 Å². The summed E-state index contributed by atoms with van der Waals surface area (Å²) in [7, 11) is 0. The van der Waals surface area contributed by atoms with Crippen molar-refractivity contribution >= 4 is 17.5 Å². The highest BCUT2D eigenvalue weighted by Crippen LogP contribution is 2.22. The third-order valence-corrected chi connectivity index (χ3v) is 4.54. The molecule has 0 saturated carbocycles. The monoisotopic (exact) mass is 331 g/mol. The molecule has 1 aromatic rings. The first kappa shape index (κ1) is 18.5. The van der Waals surface area contributed by atoms with Gasteiger partial charge < -0.3 is 11.1 Å². The maximum Gasteiger partial charge on any atom is 0.224 e. The zero-order valence-electron chi connectivity index (χ0n) is 14.8. The number of nitrogens with zero attached hydrogens (tertiary/aromatic N) is 1. The number of nitrogens with one attached hydrogen (secondary N) is 1. The number of piperidine rings is 1. The number of likely N-dealkylation sites (tertiary alicyclic amines) is 1. The summed E-state index contributed by atoms with van der Waals surface area (Å²) in [6.07, 6.45) is 3.29. The molecule has 2 rings (SSSR count). The summed E-state index contributed by atoms with van der Waals surface area (Å²) >= 11 is 0. The van der Waals surface area contributed by atoms with E-state index < -0.39 is 0 Å². The SMILES string of the molecule is CC(C)CCC(=O)Nc1ccccc1CN1CCCC(C(N)=O)C1. The number of benzene rings is 1. The van der Waals surface area contributed by atoms with Crippen LogP contribution >= 0.6 is 0 Å². The molecular formula is C19H29N3O2. The summed E-state index contributed by atoms with van der Waals surface area (Å²) in [6.45, 7) is 6.62. The van der Waals surface area contributed by atoms with E-state index in [4.69, 9.17) is 5.73 Å². The van der Waals surface area contributed by atoms with Gasteiger partial charge in [0.1, 0.15) is 0 Å². The lowest BCUT2D eigenvalue weighted by Crippen LogP contribution is -2.40. The fraction of sp³-hybridized carbons (Fsp3) is 0.579. The number of nitrogens with two attached hydrogens (primary N) is 1. The van der Waals surface area contributed by atoms with Crippen LogP contribution in [-0.4, -0.2) is 29.8 Å². The Morgan fingerprint density at radius 1 is 1.33 bits per heavy atom. The van der Waals surface area contributed by atoms with Crippen molar-refractivity contribution in [3.63, 3.8) is 0 Å². The van der Waals surface area contributed by atoms with Gasteiger partial charge in [0.2, 0.25) is 11.8 Å². The molecule has 0 aromatic heterocycles. The molecule has 1 heterocycles. The second kappa shape index (κ2) is 8.83. The van der Waals surface area contributed by atoms with E-state index in [2.05, 4.69) is 24.1 Å². The number of anilines is 1. The highest BCUT2D eigenvalue weighted by Gasteiger charge is 2.24. The molecule has 0 radical (unpaired) electrons. The summed E-state index contributed by atoms with van der Waals surface area (Å²) in [4.78, 5) is 25.8. The van der Waals surface area contributed by atoms with Crippen LogP contribution in [0.1, 0.15) is 45.1 Å². The van der Waals surface area contributed by atoms with E-state index >= 15 is 0 Å². The lowest BCUT2D eigenvalue weighted by atomic mass is 9.97. The molecule has 132 valence electrons. The van der Waals surface area contributed by atoms with Gasteiger partial charge in [-0.15, -0.1) is 0 Å². The average molecular weight is 331 g/mol. The number of amides is 2. The number of carbonyl (C=O) groups is 2. The third kappa shape index (κ3) is 5.64. The van der Waals surface area contributed by atoms with Crippen molar-refractivity contribution in [1.29, 1.82) is 0 Å². The van der Waals surface area contributed by atoms with Crippen molar-refractivity contribution < 1.29 is 9.59 Å². The largest absolute Gasteiger partial charge is 0.369 e. The molecule has 5 nitrogen and oxygen atoms in total. The van der Waals surface area contributed by atoms with Gasteiger partial charge in [0, 0.05) is 25.2 Å². The van der Waals surface area contributed by atoms with Crippen LogP contribution in [0.25, 0.3) is 0 Å². The fourth-order valence-corrected chi connectivity index (χ4v) is 3.08. The predicted molar refractivity (Wildman–Crippen MR) is 96.3 cm³/mol. The van der Waals surface area contributed by atoms with Gasteiger partial charge in [0.15, 0.2) is 0 Å². The standard InChI is InChI=1S/C19H29N3O2/c1-14(2)9-10-18(23)21-17-8-4-3-6-15(17)12-22-11-5-7-16(13-22)19(20)24/h3-4,6,8,14,16H,5,7,9-13H2,1-2H3,(H2,20,24)(H,21,23). The van der Waals surface area contributed by atoms with Gasteiger partial charge in [-0.1, -0.05) is 32.0 Å². The van der Waals surface area contributed by atoms with E-state index in [0.29, 0.717) is 18.9 Å². The van der Waals surface area contributed by atoms with Gasteiger partial charge in [-0.25, -0.2) is 0 Å². The van der Waals surface area contributed by atoms with E-state index in [0.717, 1.165) is 43.6 Å². The molecular weight excluding hydrogens is 302 g/mol. The van der Waals surface area contributed by atoms with Crippen molar-refractivity contribution in [2.24, 2.45) is 17.6 Å². The number of hydrogen-bond donors (Lipinski definition) is 2. The van der Waals surface area contributed by atoms with Crippen molar-refractivity contribution in [2.45, 2.75) is 46.1 Å². The molecule has 1 aliphatic rings. The minimum Gasteiger partial charge on any atom is -0.369 e. The molecule has 0 aliphatic carbocycles. The summed E-state index contributed by atoms with van der Waals surface area (Å²) in [5.74, 6) is 0.302. The molecule has 1 unspecified atom stereocenters. The fourth-order valence-electron chi connectivity index (χ4n) is 3.08. The molecule has 1 saturated heterocycles. The van der Waals surface area contributed by atoms with Gasteiger partial charge in [0.25, 0.3) is 0 Å². The molecule has 1 aromatic carbocycles. The Balaban J connectivity index is 1.98. The number of hydrogen-bond acceptors (Lipinski definition) is 3. The second-order valence-electron chi connectivity index (χ2n) is 7.11. The minimum absolute atomic E-state index is 0.0600. The van der Waals surface area contributed by atoms with Crippen molar-refractivity contribution in [3.8, 4) is 0 Å². The molecule has 0 bridgehead atoms. The first-order valence-corrected chi connectivity index (χ1v) is 8.85. The number of para-hydroxylation sites is 1. The van der Waals surface area contributed by atoms with Crippen LogP contribution in [0.5, 0.6) is 0 Å². The smallest absolute Gasteiger partial charge is 0.224 e. The molecule has 1 fully saturated rings. The first-order valence-electron chi connectivity index (χ1n) is 8.85. The zero-order chi connectivity index (χ0) is 17.5. The van der Waals surface area contributed by atoms with Crippen LogP contribution in [0.4, 0.5) is 5.69 Å². The average Bonchev–Trinajstić information content (AvgIpc) is 2.55. The minimum atomic E-state index is -0.213. The van der Waals surface area contributed by atoms with Crippen LogP contribution in [0.15, 0.2) is 24.3 Å². The lowest BCUT2D eigenvalue weighted by molar-refractivity contribution is -0.123. The van der Waals surface area contributed by atoms with Gasteiger partial charge in [-0.2, -0.15) is 0 Å². The summed E-state index contributed by atoms with van der Waals surface area (Å²) in [6, 6.07) is 7.89. The van der Waals surface area contributed by atoms with Gasteiger partial charge in [-0.05, 0) is 43.4 Å². The Labute approximate surface area is 144 Å². The normalized spacial score (nSPS) is 18.5. The zero-order valence-corrected chi connectivity index (χ0v) is 14.8. The summed E-state index contributed by atoms with van der Waals surface area (Å²) < 4.78 is 0. The Kier molecular flexibility index (Phi) is 6.79. The maximum absolute atomic E-state index is 12.1. The van der Waals surface area contributed by atoms with Crippen LogP contribution in [0, 0.1) is 11.8 Å². The first-order chi connectivity index (χ1) is 11.5. The van der Waals surface area contributed by atoms with E-state index in [9.17, 15) is 9.59 Å². The van der Waals surface area contributed by atoms with E-state index in [1.165, 1.54) is 0 Å². The predicted octanol–water partition coefficient (Wildman–Crippen LogP) is 2.76. The van der Waals surface area contributed by atoms with Crippen molar-refractivity contribution in [3.05, 3.63) is 29.8 Å². The topological polar surface area (TPSA) is 75.4 Å². The van der Waals surface area contributed by atoms with Gasteiger partial charge >= 0.3 is 0 Å². The van der Waals surface area contributed by atoms with Crippen LogP contribution in [-0.2, 0) is 16.1 Å². The highest BCUT2D eigenvalue weighted by atomic mass is 16.2. The number of rotatable bonds is 7. The molecule has 3 N–H and O–H groups in total. The van der Waals surface area contributed by atoms with E-state index in [1.807, 2.05) is 24.3 Å². The molecule has 5 heteroatoms. The molecule has 1 aliphatic heterocycles. The second-order valence-corrected chi connectivity index (χ2v) is 7.11. The van der Waals surface area contributed by atoms with E-state index in [-0.39, 0.29) is 17.7 Å². The number of carbonyl (C=O) groups excluding carboxylic acids is 2. The van der Waals surface area contributed by atoms with Crippen LogP contribution in [0.3, 0.4) is 0 Å². The molecule has 2 amide bonds. The van der Waals surface area contributed by atoms with E-state index in [1.54, 1.807) is 0 Å². The summed E-state index contributed by atoms with van der Waals surface area (Å²) in [5.41, 5.74) is 7.41. The van der Waals surface area contributed by atoms with Crippen molar-refractivity contribution in [2.75, 3.05) is 18.4 Å².